The van der Waals surface area contributed by atoms with Crippen LogP contribution in [0.25, 0.3) is 0 Å². The normalized spacial score (nSPS) is 14.4. The number of benzene rings is 2. The summed E-state index contributed by atoms with van der Waals surface area (Å²) in [4.78, 5) is 24.4. The molecule has 1 fully saturated rings. The van der Waals surface area contributed by atoms with Gasteiger partial charge >= 0.3 is 0 Å². The van der Waals surface area contributed by atoms with Gasteiger partial charge in [-0.2, -0.15) is 4.31 Å². The van der Waals surface area contributed by atoms with Crippen LogP contribution in [-0.2, 0) is 10.0 Å². The molecule has 0 aromatic heterocycles. The third kappa shape index (κ3) is 5.60. The molecule has 2 aromatic carbocycles. The molecule has 3 rings (SSSR count). The van der Waals surface area contributed by atoms with Crippen LogP contribution < -0.4 is 20.3 Å². The molecule has 0 radical (unpaired) electrons. The van der Waals surface area contributed by atoms with Gasteiger partial charge in [0.05, 0.1) is 13.7 Å². The molecule has 33 heavy (non-hydrogen) atoms. The summed E-state index contributed by atoms with van der Waals surface area (Å²) in [7, 11) is -2.64. The van der Waals surface area contributed by atoms with E-state index in [1.807, 2.05) is 6.92 Å². The monoisotopic (exact) mass is 479 g/mol. The summed E-state index contributed by atoms with van der Waals surface area (Å²) in [5, 5.41) is 0. The Hall–Kier alpha value is -3.18. The SMILES string of the molecule is CCOc1ccc(C(=O)NNC(=O)c2ccc(F)c(S(=O)(=O)N3CCCCC3)c2)cc1OC. The van der Waals surface area contributed by atoms with E-state index in [1.165, 1.54) is 23.5 Å². The van der Waals surface area contributed by atoms with Crippen molar-refractivity contribution in [1.29, 1.82) is 0 Å². The van der Waals surface area contributed by atoms with Gasteiger partial charge in [0.25, 0.3) is 11.8 Å². The highest BCUT2D eigenvalue weighted by Gasteiger charge is 2.29. The molecule has 2 aromatic rings. The molecule has 0 aliphatic carbocycles. The van der Waals surface area contributed by atoms with Gasteiger partial charge in [-0.1, -0.05) is 6.42 Å². The zero-order chi connectivity index (χ0) is 24.0. The molecule has 1 heterocycles. The number of methoxy groups -OCH3 is 1. The first-order valence-electron chi connectivity index (χ1n) is 10.5. The van der Waals surface area contributed by atoms with E-state index in [4.69, 9.17) is 9.47 Å². The molecule has 1 aliphatic heterocycles. The number of amides is 2. The third-order valence-corrected chi connectivity index (χ3v) is 7.06. The van der Waals surface area contributed by atoms with Crippen LogP contribution in [0.4, 0.5) is 4.39 Å². The number of rotatable bonds is 7. The second-order valence-corrected chi connectivity index (χ2v) is 9.22. The number of hydrogen-bond donors (Lipinski definition) is 2. The first kappa shape index (κ1) is 24.5. The minimum atomic E-state index is -4.07. The summed E-state index contributed by atoms with van der Waals surface area (Å²) in [5.74, 6) is -1.55. The lowest BCUT2D eigenvalue weighted by Crippen LogP contribution is -2.41. The maximum Gasteiger partial charge on any atom is 0.269 e. The highest BCUT2D eigenvalue weighted by Crippen LogP contribution is 2.28. The van der Waals surface area contributed by atoms with Gasteiger partial charge in [0.15, 0.2) is 11.5 Å². The number of sulfonamides is 1. The van der Waals surface area contributed by atoms with E-state index in [1.54, 1.807) is 6.07 Å². The van der Waals surface area contributed by atoms with Gasteiger partial charge in [0.2, 0.25) is 10.0 Å². The van der Waals surface area contributed by atoms with E-state index >= 15 is 0 Å². The van der Waals surface area contributed by atoms with Gasteiger partial charge < -0.3 is 9.47 Å². The molecule has 1 aliphatic rings. The van der Waals surface area contributed by atoms with Gasteiger partial charge in [-0.25, -0.2) is 12.8 Å². The van der Waals surface area contributed by atoms with Crippen molar-refractivity contribution in [2.45, 2.75) is 31.1 Å². The fourth-order valence-corrected chi connectivity index (χ4v) is 5.04. The van der Waals surface area contributed by atoms with Crippen molar-refractivity contribution in [1.82, 2.24) is 15.2 Å². The van der Waals surface area contributed by atoms with Crippen LogP contribution in [0.15, 0.2) is 41.3 Å². The summed E-state index contributed by atoms with van der Waals surface area (Å²) < 4.78 is 51.8. The van der Waals surface area contributed by atoms with Gasteiger partial charge in [0, 0.05) is 24.2 Å². The fourth-order valence-electron chi connectivity index (χ4n) is 3.43. The van der Waals surface area contributed by atoms with E-state index in [2.05, 4.69) is 10.9 Å². The number of ether oxygens (including phenoxy) is 2. The Bertz CT molecular complexity index is 1130. The molecule has 2 amide bonds. The first-order chi connectivity index (χ1) is 15.8. The standard InChI is InChI=1S/C22H26FN3O6S/c1-3-32-18-10-8-15(13-19(18)31-2)21(27)24-25-22(28)16-7-9-17(23)20(14-16)33(29,30)26-11-5-4-6-12-26/h7-10,13-14H,3-6,11-12H2,1-2H3,(H,24,27)(H,25,28). The van der Waals surface area contributed by atoms with Crippen LogP contribution in [0.5, 0.6) is 11.5 Å². The van der Waals surface area contributed by atoms with Crippen molar-refractivity contribution in [2.75, 3.05) is 26.8 Å². The van der Waals surface area contributed by atoms with Gasteiger partial charge in [-0.05, 0) is 56.2 Å². The van der Waals surface area contributed by atoms with Crippen LogP contribution >= 0.6 is 0 Å². The summed E-state index contributed by atoms with van der Waals surface area (Å²) in [5.41, 5.74) is 4.54. The molecule has 0 atom stereocenters. The van der Waals surface area contributed by atoms with E-state index in [9.17, 15) is 22.4 Å². The molecule has 2 N–H and O–H groups in total. The quantitative estimate of drug-likeness (QED) is 0.590. The topological polar surface area (TPSA) is 114 Å². The lowest BCUT2D eigenvalue weighted by molar-refractivity contribution is 0.0846. The molecule has 0 bridgehead atoms. The predicted octanol–water partition coefficient (Wildman–Crippen LogP) is 2.48. The summed E-state index contributed by atoms with van der Waals surface area (Å²) in [6, 6.07) is 7.55. The minimum Gasteiger partial charge on any atom is -0.493 e. The molecule has 9 nitrogen and oxygen atoms in total. The average molecular weight is 480 g/mol. The Morgan fingerprint density at radius 2 is 1.58 bits per heavy atom. The third-order valence-electron chi connectivity index (χ3n) is 5.14. The van der Waals surface area contributed by atoms with E-state index in [-0.39, 0.29) is 11.1 Å². The Morgan fingerprint density at radius 1 is 0.970 bits per heavy atom. The molecule has 0 unspecified atom stereocenters. The smallest absolute Gasteiger partial charge is 0.269 e. The van der Waals surface area contributed by atoms with E-state index in [0.717, 1.165) is 24.6 Å². The maximum atomic E-state index is 14.3. The number of hydrazine groups is 1. The Balaban J connectivity index is 1.72. The first-order valence-corrected chi connectivity index (χ1v) is 11.9. The van der Waals surface area contributed by atoms with Crippen molar-refractivity contribution in [3.8, 4) is 11.5 Å². The van der Waals surface area contributed by atoms with Gasteiger partial charge in [-0.15, -0.1) is 0 Å². The van der Waals surface area contributed by atoms with Crippen LogP contribution in [-0.4, -0.2) is 51.3 Å². The second-order valence-electron chi connectivity index (χ2n) is 7.32. The number of carbonyl (C=O) groups is 2. The Morgan fingerprint density at radius 3 is 2.18 bits per heavy atom. The number of carbonyl (C=O) groups excluding carboxylic acids is 2. The van der Waals surface area contributed by atoms with Crippen molar-refractivity contribution >= 4 is 21.8 Å². The average Bonchev–Trinajstić information content (AvgIpc) is 2.83. The molecule has 0 saturated carbocycles. The largest absolute Gasteiger partial charge is 0.493 e. The van der Waals surface area contributed by atoms with Crippen LogP contribution in [0.3, 0.4) is 0 Å². The summed E-state index contributed by atoms with van der Waals surface area (Å²) in [6.07, 6.45) is 2.31. The maximum absolute atomic E-state index is 14.3. The lowest BCUT2D eigenvalue weighted by Gasteiger charge is -2.26. The highest BCUT2D eigenvalue weighted by molar-refractivity contribution is 7.89. The molecule has 178 valence electrons. The Labute approximate surface area is 191 Å². The molecule has 0 spiro atoms. The number of halogens is 1. The van der Waals surface area contributed by atoms with E-state index in [0.29, 0.717) is 44.0 Å². The minimum absolute atomic E-state index is 0.114. The Kier molecular flexibility index (Phi) is 7.88. The zero-order valence-electron chi connectivity index (χ0n) is 18.4. The van der Waals surface area contributed by atoms with Crippen molar-refractivity contribution < 1.29 is 31.9 Å². The molecular weight excluding hydrogens is 453 g/mol. The number of nitrogens with one attached hydrogen (secondary N) is 2. The second kappa shape index (κ2) is 10.6. The fraction of sp³-hybridized carbons (Fsp3) is 0.364. The van der Waals surface area contributed by atoms with Crippen molar-refractivity contribution in [3.63, 3.8) is 0 Å². The highest BCUT2D eigenvalue weighted by atomic mass is 32.2. The van der Waals surface area contributed by atoms with Crippen LogP contribution in [0, 0.1) is 5.82 Å². The number of piperidine rings is 1. The van der Waals surface area contributed by atoms with Crippen LogP contribution in [0.2, 0.25) is 0 Å². The zero-order valence-corrected chi connectivity index (χ0v) is 19.2. The van der Waals surface area contributed by atoms with E-state index < -0.39 is 32.6 Å². The number of nitrogens with zero attached hydrogens (tertiary/aromatic N) is 1. The molecular formula is C22H26FN3O6S. The summed E-state index contributed by atoms with van der Waals surface area (Å²) >= 11 is 0. The summed E-state index contributed by atoms with van der Waals surface area (Å²) in [6.45, 7) is 2.85. The van der Waals surface area contributed by atoms with Crippen LogP contribution in [0.1, 0.15) is 46.9 Å². The van der Waals surface area contributed by atoms with Crippen molar-refractivity contribution in [2.24, 2.45) is 0 Å². The molecule has 11 heteroatoms. The lowest BCUT2D eigenvalue weighted by atomic mass is 10.2. The van der Waals surface area contributed by atoms with Gasteiger partial charge in [-0.3, -0.25) is 20.4 Å². The van der Waals surface area contributed by atoms with Crippen molar-refractivity contribution in [3.05, 3.63) is 53.3 Å². The van der Waals surface area contributed by atoms with Gasteiger partial charge in [0.1, 0.15) is 10.7 Å². The number of hydrogen-bond acceptors (Lipinski definition) is 6. The predicted molar refractivity (Wildman–Crippen MR) is 118 cm³/mol. The molecule has 1 saturated heterocycles.